The van der Waals surface area contributed by atoms with Crippen molar-refractivity contribution in [2.24, 2.45) is 0 Å². The Morgan fingerprint density at radius 2 is 1.80 bits per heavy atom. The van der Waals surface area contributed by atoms with Gasteiger partial charge in [-0.25, -0.2) is 14.6 Å². The molecule has 0 bridgehead atoms. The zero-order chi connectivity index (χ0) is 18.0. The first-order valence-electron chi connectivity index (χ1n) is 7.88. The second-order valence-corrected chi connectivity index (χ2v) is 6.57. The summed E-state index contributed by atoms with van der Waals surface area (Å²) < 4.78 is 1.46. The number of aromatic nitrogens is 4. The molecule has 0 radical (unpaired) electrons. The number of hydrogen-bond donors (Lipinski definition) is 1. The standard InChI is InChI=1S/C18H19N5OS/c1-11(2)23-14(24)10-9-13(22-23)15-16(12-7-5-4-6-8-12)20-18(19)21-17(15)25-3/h4-11H,1-3H3,(H2,19,20,21). The molecular formula is C18H19N5OS. The highest BCUT2D eigenvalue weighted by atomic mass is 32.2. The molecule has 25 heavy (non-hydrogen) atoms. The van der Waals surface area contributed by atoms with Crippen LogP contribution in [0.1, 0.15) is 19.9 Å². The van der Waals surface area contributed by atoms with Gasteiger partial charge >= 0.3 is 0 Å². The number of nitrogens with two attached hydrogens (primary N) is 1. The SMILES string of the molecule is CSc1nc(N)nc(-c2ccccc2)c1-c1ccc(=O)n(C(C)C)n1. The van der Waals surface area contributed by atoms with Gasteiger partial charge in [0.15, 0.2) is 0 Å². The van der Waals surface area contributed by atoms with Crippen molar-refractivity contribution in [2.75, 3.05) is 12.0 Å². The smallest absolute Gasteiger partial charge is 0.267 e. The predicted molar refractivity (Wildman–Crippen MR) is 102 cm³/mol. The molecule has 1 aromatic carbocycles. The molecule has 0 aliphatic carbocycles. The lowest BCUT2D eigenvalue weighted by atomic mass is 10.0. The molecule has 6 nitrogen and oxygen atoms in total. The second-order valence-electron chi connectivity index (χ2n) is 5.78. The largest absolute Gasteiger partial charge is 0.368 e. The number of rotatable bonds is 4. The maximum atomic E-state index is 12.1. The summed E-state index contributed by atoms with van der Waals surface area (Å²) in [7, 11) is 0. The van der Waals surface area contributed by atoms with Crippen LogP contribution in [0.2, 0.25) is 0 Å². The summed E-state index contributed by atoms with van der Waals surface area (Å²) in [5, 5.41) is 5.27. The molecule has 0 amide bonds. The first-order chi connectivity index (χ1) is 12.0. The average molecular weight is 353 g/mol. The maximum Gasteiger partial charge on any atom is 0.267 e. The Morgan fingerprint density at radius 3 is 2.44 bits per heavy atom. The Morgan fingerprint density at radius 1 is 1.08 bits per heavy atom. The van der Waals surface area contributed by atoms with Gasteiger partial charge in [-0.1, -0.05) is 30.3 Å². The summed E-state index contributed by atoms with van der Waals surface area (Å²) in [6.07, 6.45) is 1.93. The molecule has 7 heteroatoms. The van der Waals surface area contributed by atoms with Gasteiger partial charge in [0.1, 0.15) is 5.03 Å². The molecule has 0 aliphatic heterocycles. The summed E-state index contributed by atoms with van der Waals surface area (Å²) in [5.41, 5.74) is 8.83. The Hall–Kier alpha value is -2.67. The first-order valence-corrected chi connectivity index (χ1v) is 9.11. The molecule has 0 saturated carbocycles. The number of nitrogen functional groups attached to an aromatic ring is 1. The fourth-order valence-corrected chi connectivity index (χ4v) is 3.16. The van der Waals surface area contributed by atoms with Gasteiger partial charge in [0.05, 0.1) is 23.0 Å². The molecule has 0 spiro atoms. The predicted octanol–water partition coefficient (Wildman–Crippen LogP) is 3.25. The van der Waals surface area contributed by atoms with Crippen molar-refractivity contribution in [3.63, 3.8) is 0 Å². The summed E-state index contributed by atoms with van der Waals surface area (Å²) in [4.78, 5) is 20.9. The van der Waals surface area contributed by atoms with Crippen LogP contribution in [0.3, 0.4) is 0 Å². The van der Waals surface area contributed by atoms with Crippen molar-refractivity contribution in [3.05, 3.63) is 52.8 Å². The third kappa shape index (κ3) is 3.41. The van der Waals surface area contributed by atoms with E-state index < -0.39 is 0 Å². The summed E-state index contributed by atoms with van der Waals surface area (Å²) in [6.45, 7) is 3.84. The van der Waals surface area contributed by atoms with E-state index in [9.17, 15) is 4.79 Å². The lowest BCUT2D eigenvalue weighted by Crippen LogP contribution is -2.24. The van der Waals surface area contributed by atoms with Gasteiger partial charge in [-0.15, -0.1) is 11.8 Å². The van der Waals surface area contributed by atoms with Crippen LogP contribution in [0.25, 0.3) is 22.5 Å². The molecule has 3 aromatic rings. The minimum atomic E-state index is -0.137. The van der Waals surface area contributed by atoms with Gasteiger partial charge in [0, 0.05) is 11.6 Å². The third-order valence-corrected chi connectivity index (χ3v) is 4.39. The zero-order valence-electron chi connectivity index (χ0n) is 14.3. The third-order valence-electron chi connectivity index (χ3n) is 3.70. The van der Waals surface area contributed by atoms with Crippen LogP contribution in [0, 0.1) is 0 Å². The Kier molecular flexibility index (Phi) is 4.85. The molecule has 2 aromatic heterocycles. The molecule has 2 heterocycles. The lowest BCUT2D eigenvalue weighted by molar-refractivity contribution is 0.504. The first kappa shape index (κ1) is 17.2. The molecular weight excluding hydrogens is 334 g/mol. The van der Waals surface area contributed by atoms with Crippen molar-refractivity contribution in [2.45, 2.75) is 24.9 Å². The van der Waals surface area contributed by atoms with E-state index in [1.165, 1.54) is 22.5 Å². The van der Waals surface area contributed by atoms with Gasteiger partial charge in [0.25, 0.3) is 5.56 Å². The van der Waals surface area contributed by atoms with E-state index in [2.05, 4.69) is 15.1 Å². The number of thioether (sulfide) groups is 1. The van der Waals surface area contributed by atoms with E-state index in [0.29, 0.717) is 11.4 Å². The van der Waals surface area contributed by atoms with Crippen LogP contribution >= 0.6 is 11.8 Å². The molecule has 128 valence electrons. The minimum Gasteiger partial charge on any atom is -0.368 e. The zero-order valence-corrected chi connectivity index (χ0v) is 15.1. The highest BCUT2D eigenvalue weighted by Gasteiger charge is 2.19. The van der Waals surface area contributed by atoms with Gasteiger partial charge in [-0.3, -0.25) is 4.79 Å². The van der Waals surface area contributed by atoms with E-state index in [-0.39, 0.29) is 17.5 Å². The Labute approximate surface area is 150 Å². The van der Waals surface area contributed by atoms with Crippen molar-refractivity contribution >= 4 is 17.7 Å². The molecule has 0 aliphatic rings. The van der Waals surface area contributed by atoms with E-state index >= 15 is 0 Å². The van der Waals surface area contributed by atoms with Gasteiger partial charge in [0.2, 0.25) is 5.95 Å². The van der Waals surface area contributed by atoms with E-state index in [0.717, 1.165) is 16.2 Å². The number of hydrogen-bond acceptors (Lipinski definition) is 6. The fraction of sp³-hybridized carbons (Fsp3) is 0.222. The van der Waals surface area contributed by atoms with E-state index in [1.54, 1.807) is 6.07 Å². The van der Waals surface area contributed by atoms with E-state index in [4.69, 9.17) is 5.73 Å². The second kappa shape index (κ2) is 7.06. The molecule has 0 fully saturated rings. The van der Waals surface area contributed by atoms with Gasteiger partial charge in [-0.2, -0.15) is 5.10 Å². The molecule has 0 atom stereocenters. The van der Waals surface area contributed by atoms with Crippen LogP contribution in [-0.4, -0.2) is 26.0 Å². The van der Waals surface area contributed by atoms with Gasteiger partial charge < -0.3 is 5.73 Å². The van der Waals surface area contributed by atoms with Crippen molar-refractivity contribution in [1.82, 2.24) is 19.7 Å². The molecule has 0 saturated heterocycles. The quantitative estimate of drug-likeness (QED) is 0.572. The van der Waals surface area contributed by atoms with Crippen molar-refractivity contribution < 1.29 is 0 Å². The maximum absolute atomic E-state index is 12.1. The lowest BCUT2D eigenvalue weighted by Gasteiger charge is -2.15. The van der Waals surface area contributed by atoms with Crippen LogP contribution < -0.4 is 11.3 Å². The van der Waals surface area contributed by atoms with Crippen LogP contribution in [0.15, 0.2) is 52.3 Å². The highest BCUT2D eigenvalue weighted by Crippen LogP contribution is 2.35. The topological polar surface area (TPSA) is 86.7 Å². The van der Waals surface area contributed by atoms with Crippen molar-refractivity contribution in [1.29, 1.82) is 0 Å². The van der Waals surface area contributed by atoms with Crippen LogP contribution in [-0.2, 0) is 0 Å². The minimum absolute atomic E-state index is 0.0416. The highest BCUT2D eigenvalue weighted by molar-refractivity contribution is 7.98. The fourth-order valence-electron chi connectivity index (χ4n) is 2.57. The van der Waals surface area contributed by atoms with Gasteiger partial charge in [-0.05, 0) is 26.2 Å². The van der Waals surface area contributed by atoms with E-state index in [1.807, 2.05) is 50.4 Å². The summed E-state index contributed by atoms with van der Waals surface area (Å²) >= 11 is 1.47. The normalized spacial score (nSPS) is 11.0. The van der Waals surface area contributed by atoms with Crippen LogP contribution in [0.5, 0.6) is 0 Å². The number of nitrogens with zero attached hydrogens (tertiary/aromatic N) is 4. The number of anilines is 1. The van der Waals surface area contributed by atoms with Crippen molar-refractivity contribution in [3.8, 4) is 22.5 Å². The Balaban J connectivity index is 2.32. The summed E-state index contributed by atoms with van der Waals surface area (Å²) in [5.74, 6) is 0.212. The van der Waals surface area contributed by atoms with Crippen LogP contribution in [0.4, 0.5) is 5.95 Å². The molecule has 3 rings (SSSR count). The average Bonchev–Trinajstić information content (AvgIpc) is 2.62. The molecule has 2 N–H and O–H groups in total. The Bertz CT molecular complexity index is 953. The monoisotopic (exact) mass is 353 g/mol. The number of benzene rings is 1. The molecule has 0 unspecified atom stereocenters. The summed E-state index contributed by atoms with van der Waals surface area (Å²) in [6, 6.07) is 13.0.